The second-order valence-electron chi connectivity index (χ2n) is 6.25. The van der Waals surface area contributed by atoms with Gasteiger partial charge in [0.1, 0.15) is 11.7 Å². The number of rotatable bonds is 6. The molecule has 0 fully saturated rings. The van der Waals surface area contributed by atoms with E-state index >= 15 is 0 Å². The molecule has 0 aliphatic heterocycles. The fourth-order valence-corrected chi connectivity index (χ4v) is 3.42. The molecule has 6 heteroatoms. The molecule has 3 nitrogen and oxygen atoms in total. The number of aliphatic imine (C=N–C) groups is 1. The summed E-state index contributed by atoms with van der Waals surface area (Å²) in [5.74, 6) is 4.16. The zero-order valence-electron chi connectivity index (χ0n) is 15.5. The average molecular weight is 429 g/mol. The molecule has 25 heavy (non-hydrogen) atoms. The van der Waals surface area contributed by atoms with Crippen LogP contribution in [0.2, 0.25) is 0 Å². The number of amidine groups is 1. The van der Waals surface area contributed by atoms with E-state index in [0.717, 1.165) is 22.4 Å². The molecule has 0 saturated carbocycles. The molecule has 0 spiro atoms. The summed E-state index contributed by atoms with van der Waals surface area (Å²) in [6.07, 6.45) is 1.58. The van der Waals surface area contributed by atoms with Crippen molar-refractivity contribution in [2.75, 3.05) is 18.6 Å². The van der Waals surface area contributed by atoms with Gasteiger partial charge < -0.3 is 0 Å². The van der Waals surface area contributed by atoms with Gasteiger partial charge in [0.25, 0.3) is 0 Å². The van der Waals surface area contributed by atoms with Gasteiger partial charge in [-0.05, 0) is 47.6 Å². The minimum absolute atomic E-state index is 0.130. The van der Waals surface area contributed by atoms with Gasteiger partial charge >= 0.3 is 0 Å². The number of hydrogen-bond donors (Lipinski definition) is 0. The van der Waals surface area contributed by atoms with E-state index in [1.165, 1.54) is 12.1 Å². The molecule has 0 amide bonds. The highest BCUT2D eigenvalue weighted by atomic mass is 79.9. The van der Waals surface area contributed by atoms with Gasteiger partial charge in [0.2, 0.25) is 0 Å². The molecule has 1 aromatic carbocycles. The normalized spacial score (nSPS) is 15.6. The van der Waals surface area contributed by atoms with Crippen LogP contribution in [0.3, 0.4) is 0 Å². The van der Waals surface area contributed by atoms with Crippen LogP contribution in [0.15, 0.2) is 47.1 Å². The fraction of sp³-hybridized carbons (Fsp3) is 0.368. The minimum Gasteiger partial charge on any atom is -0.291 e. The van der Waals surface area contributed by atoms with Crippen LogP contribution in [0.1, 0.15) is 26.3 Å². The molecular weight excluding hydrogens is 403 g/mol. The van der Waals surface area contributed by atoms with Crippen molar-refractivity contribution in [1.82, 2.24) is 4.31 Å². The number of alkyl halides is 1. The lowest BCUT2D eigenvalue weighted by Gasteiger charge is -2.22. The van der Waals surface area contributed by atoms with Crippen LogP contribution in [-0.4, -0.2) is 38.9 Å². The summed E-state index contributed by atoms with van der Waals surface area (Å²) in [6.45, 7) is 10.1. The molecule has 1 aromatic rings. The monoisotopic (exact) mass is 428 g/mol. The molecule has 0 saturated heterocycles. The SMILES string of the molecule is C=C(/C(CBr)=C(\N=C(/C)N(C)S(=C)(C)=O)C(C)C)c1ccc(F)cc1. The highest BCUT2D eigenvalue weighted by Crippen LogP contribution is 2.30. The lowest BCUT2D eigenvalue weighted by molar-refractivity contribution is 0.627. The van der Waals surface area contributed by atoms with Crippen molar-refractivity contribution in [2.24, 2.45) is 10.9 Å². The van der Waals surface area contributed by atoms with E-state index in [0.29, 0.717) is 11.2 Å². The number of benzene rings is 1. The smallest absolute Gasteiger partial charge is 0.123 e. The van der Waals surface area contributed by atoms with E-state index < -0.39 is 9.71 Å². The van der Waals surface area contributed by atoms with Crippen LogP contribution >= 0.6 is 15.9 Å². The van der Waals surface area contributed by atoms with Crippen molar-refractivity contribution in [2.45, 2.75) is 20.8 Å². The quantitative estimate of drug-likeness (QED) is 0.211. The molecule has 0 aliphatic carbocycles. The Morgan fingerprint density at radius 2 is 1.88 bits per heavy atom. The third kappa shape index (κ3) is 5.82. The van der Waals surface area contributed by atoms with E-state index in [-0.39, 0.29) is 11.7 Å². The second kappa shape index (κ2) is 8.81. The molecule has 0 N–H and O–H groups in total. The highest BCUT2D eigenvalue weighted by molar-refractivity contribution is 9.09. The Balaban J connectivity index is 3.44. The third-order valence-electron chi connectivity index (χ3n) is 3.86. The lowest BCUT2D eigenvalue weighted by Crippen LogP contribution is -2.30. The van der Waals surface area contributed by atoms with Crippen molar-refractivity contribution in [3.8, 4) is 0 Å². The molecule has 1 rings (SSSR count). The van der Waals surface area contributed by atoms with Gasteiger partial charge in [-0.3, -0.25) is 4.31 Å². The second-order valence-corrected chi connectivity index (χ2v) is 9.28. The predicted octanol–water partition coefficient (Wildman–Crippen LogP) is 4.76. The summed E-state index contributed by atoms with van der Waals surface area (Å²) in [5, 5.41) is 0.559. The molecule has 0 heterocycles. The first kappa shape index (κ1) is 21.6. The molecular formula is C19H26BrFN2OS. The van der Waals surface area contributed by atoms with Crippen molar-refractivity contribution in [3.63, 3.8) is 0 Å². The number of hydrogen-bond acceptors (Lipinski definition) is 2. The predicted molar refractivity (Wildman–Crippen MR) is 113 cm³/mol. The molecule has 0 aromatic heterocycles. The Labute approximate surface area is 159 Å². The summed E-state index contributed by atoms with van der Waals surface area (Å²) < 4.78 is 26.9. The van der Waals surface area contributed by atoms with E-state index in [9.17, 15) is 8.60 Å². The van der Waals surface area contributed by atoms with Gasteiger partial charge in [-0.15, -0.1) is 0 Å². The van der Waals surface area contributed by atoms with Gasteiger partial charge in [-0.2, -0.15) is 0 Å². The molecule has 0 radical (unpaired) electrons. The van der Waals surface area contributed by atoms with Crippen LogP contribution in [0.4, 0.5) is 4.39 Å². The van der Waals surface area contributed by atoms with Crippen LogP contribution in [0.25, 0.3) is 5.57 Å². The summed E-state index contributed by atoms with van der Waals surface area (Å²) >= 11 is 3.52. The fourth-order valence-electron chi connectivity index (χ4n) is 2.20. The van der Waals surface area contributed by atoms with E-state index in [1.807, 2.05) is 20.8 Å². The zero-order chi connectivity index (χ0) is 19.4. The summed E-state index contributed by atoms with van der Waals surface area (Å²) in [4.78, 5) is 4.72. The summed E-state index contributed by atoms with van der Waals surface area (Å²) in [7, 11) is -0.662. The Bertz CT molecular complexity index is 793. The maximum atomic E-state index is 13.2. The maximum Gasteiger partial charge on any atom is 0.123 e. The van der Waals surface area contributed by atoms with Crippen LogP contribution in [0, 0.1) is 11.7 Å². The van der Waals surface area contributed by atoms with E-state index in [1.54, 1.807) is 29.7 Å². The summed E-state index contributed by atoms with van der Waals surface area (Å²) in [6, 6.07) is 6.24. The van der Waals surface area contributed by atoms with Gasteiger partial charge in [-0.1, -0.05) is 48.5 Å². The van der Waals surface area contributed by atoms with Crippen molar-refractivity contribution >= 4 is 42.9 Å². The zero-order valence-corrected chi connectivity index (χ0v) is 17.9. The first-order valence-electron chi connectivity index (χ1n) is 7.84. The number of halogens is 2. The van der Waals surface area contributed by atoms with Crippen LogP contribution in [-0.2, 0) is 9.71 Å². The highest BCUT2D eigenvalue weighted by Gasteiger charge is 2.16. The van der Waals surface area contributed by atoms with Gasteiger partial charge in [0, 0.05) is 34.0 Å². The first-order chi connectivity index (χ1) is 11.5. The Hall–Kier alpha value is -1.40. The first-order valence-corrected chi connectivity index (χ1v) is 11.1. The maximum absolute atomic E-state index is 13.2. The Kier molecular flexibility index (Phi) is 7.62. The minimum atomic E-state index is -2.38. The van der Waals surface area contributed by atoms with Gasteiger partial charge in [0.05, 0.1) is 0 Å². The number of allylic oxidation sites excluding steroid dienone is 3. The van der Waals surface area contributed by atoms with Gasteiger partial charge in [-0.25, -0.2) is 13.6 Å². The molecule has 1 atom stereocenters. The van der Waals surface area contributed by atoms with E-state index in [4.69, 9.17) is 4.99 Å². The lowest BCUT2D eigenvalue weighted by atomic mass is 9.95. The standard InChI is InChI=1S/C19H26BrFN2OS/c1-13(2)19(22-15(4)23(5)25(6,7)24)18(12-20)14(3)16-8-10-17(21)11-9-16/h8-11,13H,3,6,12H2,1-2,4-5,7H3/b19-18-,22-15+. The average Bonchev–Trinajstić information content (AvgIpc) is 2.53. The number of nitrogens with zero attached hydrogens (tertiary/aromatic N) is 2. The van der Waals surface area contributed by atoms with Gasteiger partial charge in [0.15, 0.2) is 0 Å². The van der Waals surface area contributed by atoms with Crippen LogP contribution in [0.5, 0.6) is 0 Å². The van der Waals surface area contributed by atoms with E-state index in [2.05, 4.69) is 28.4 Å². The molecule has 138 valence electrons. The van der Waals surface area contributed by atoms with Crippen molar-refractivity contribution in [1.29, 1.82) is 0 Å². The third-order valence-corrected chi connectivity index (χ3v) is 5.85. The van der Waals surface area contributed by atoms with Crippen molar-refractivity contribution in [3.05, 3.63) is 53.5 Å². The topological polar surface area (TPSA) is 32.7 Å². The molecule has 1 unspecified atom stereocenters. The Morgan fingerprint density at radius 1 is 1.36 bits per heavy atom. The Morgan fingerprint density at radius 3 is 2.28 bits per heavy atom. The summed E-state index contributed by atoms with van der Waals surface area (Å²) in [5.41, 5.74) is 3.40. The molecule has 0 bridgehead atoms. The van der Waals surface area contributed by atoms with Crippen molar-refractivity contribution < 1.29 is 8.60 Å². The van der Waals surface area contributed by atoms with Crippen LogP contribution < -0.4 is 0 Å². The largest absolute Gasteiger partial charge is 0.291 e. The molecule has 0 aliphatic rings.